The monoisotopic (exact) mass is 259 g/mol. The SMILES string of the molecule is NC1(Cc2ccccc2)CCCCN(C[C]=O)C1=O. The van der Waals surface area contributed by atoms with Gasteiger partial charge in [0.15, 0.2) is 0 Å². The van der Waals surface area contributed by atoms with Gasteiger partial charge >= 0.3 is 0 Å². The number of hydrogen-bond acceptors (Lipinski definition) is 3. The molecule has 0 aliphatic carbocycles. The van der Waals surface area contributed by atoms with Crippen molar-refractivity contribution in [3.05, 3.63) is 35.9 Å². The van der Waals surface area contributed by atoms with E-state index in [1.54, 1.807) is 6.29 Å². The van der Waals surface area contributed by atoms with Gasteiger partial charge in [0.1, 0.15) is 0 Å². The first kappa shape index (κ1) is 13.7. The maximum Gasteiger partial charge on any atom is 0.243 e. The second kappa shape index (κ2) is 5.97. The Morgan fingerprint density at radius 1 is 1.26 bits per heavy atom. The molecule has 0 spiro atoms. The molecule has 101 valence electrons. The number of benzene rings is 1. The van der Waals surface area contributed by atoms with Crippen molar-refractivity contribution in [1.29, 1.82) is 0 Å². The van der Waals surface area contributed by atoms with Gasteiger partial charge in [0.05, 0.1) is 12.1 Å². The second-order valence-corrected chi connectivity index (χ2v) is 5.15. The van der Waals surface area contributed by atoms with E-state index in [2.05, 4.69) is 0 Å². The third-order valence-corrected chi connectivity index (χ3v) is 3.63. The molecule has 1 amide bonds. The van der Waals surface area contributed by atoms with E-state index in [0.717, 1.165) is 18.4 Å². The first-order valence-corrected chi connectivity index (χ1v) is 6.63. The predicted octanol–water partition coefficient (Wildman–Crippen LogP) is 1.05. The van der Waals surface area contributed by atoms with Crippen LogP contribution in [0.5, 0.6) is 0 Å². The van der Waals surface area contributed by atoms with Crippen molar-refractivity contribution in [3.63, 3.8) is 0 Å². The third kappa shape index (κ3) is 3.20. The molecule has 1 radical (unpaired) electrons. The minimum absolute atomic E-state index is 0.0204. The number of rotatable bonds is 4. The quantitative estimate of drug-likeness (QED) is 0.879. The first-order chi connectivity index (χ1) is 9.15. The molecule has 1 unspecified atom stereocenters. The van der Waals surface area contributed by atoms with Gasteiger partial charge in [-0.2, -0.15) is 0 Å². The van der Waals surface area contributed by atoms with Gasteiger partial charge in [-0.25, -0.2) is 0 Å². The van der Waals surface area contributed by atoms with Crippen LogP contribution in [0.15, 0.2) is 30.3 Å². The number of amides is 1. The topological polar surface area (TPSA) is 63.4 Å². The Balaban J connectivity index is 2.18. The zero-order valence-electron chi connectivity index (χ0n) is 11.0. The van der Waals surface area contributed by atoms with Crippen LogP contribution in [0, 0.1) is 0 Å². The lowest BCUT2D eigenvalue weighted by molar-refractivity contribution is -0.135. The summed E-state index contributed by atoms with van der Waals surface area (Å²) in [6.07, 6.45) is 4.77. The molecule has 1 atom stereocenters. The van der Waals surface area contributed by atoms with Crippen LogP contribution >= 0.6 is 0 Å². The minimum Gasteiger partial charge on any atom is -0.333 e. The molecular weight excluding hydrogens is 240 g/mol. The van der Waals surface area contributed by atoms with Crippen LogP contribution in [0.4, 0.5) is 0 Å². The van der Waals surface area contributed by atoms with E-state index in [9.17, 15) is 9.59 Å². The van der Waals surface area contributed by atoms with Crippen LogP contribution in [0.1, 0.15) is 24.8 Å². The van der Waals surface area contributed by atoms with Crippen molar-refractivity contribution >= 4 is 12.2 Å². The maximum atomic E-state index is 12.5. The fraction of sp³-hybridized carbons (Fsp3) is 0.467. The van der Waals surface area contributed by atoms with Crippen LogP contribution < -0.4 is 5.73 Å². The molecule has 1 aliphatic heterocycles. The lowest BCUT2D eigenvalue weighted by Crippen LogP contribution is -2.56. The van der Waals surface area contributed by atoms with Crippen LogP contribution in [-0.4, -0.2) is 35.7 Å². The highest BCUT2D eigenvalue weighted by Crippen LogP contribution is 2.24. The molecule has 2 N–H and O–H groups in total. The Kier molecular flexibility index (Phi) is 4.32. The molecule has 4 heteroatoms. The standard InChI is InChI=1S/C15H19N2O2/c16-15(12-13-6-2-1-3-7-13)8-4-5-9-17(10-11-18)14(15)19/h1-3,6-7H,4-5,8-10,12,16H2. The van der Waals surface area contributed by atoms with Crippen LogP contribution in [-0.2, 0) is 16.0 Å². The number of carbonyl (C=O) groups is 1. The Morgan fingerprint density at radius 2 is 2.00 bits per heavy atom. The van der Waals surface area contributed by atoms with Crippen LogP contribution in [0.25, 0.3) is 0 Å². The Labute approximate surface area is 113 Å². The minimum atomic E-state index is -0.894. The summed E-state index contributed by atoms with van der Waals surface area (Å²) in [5, 5.41) is 0. The third-order valence-electron chi connectivity index (χ3n) is 3.63. The fourth-order valence-electron chi connectivity index (χ4n) is 2.62. The second-order valence-electron chi connectivity index (χ2n) is 5.15. The van der Waals surface area contributed by atoms with Crippen molar-refractivity contribution in [2.75, 3.05) is 13.1 Å². The smallest absolute Gasteiger partial charge is 0.243 e. The van der Waals surface area contributed by atoms with Gasteiger partial charge < -0.3 is 10.6 Å². The van der Waals surface area contributed by atoms with Crippen LogP contribution in [0.2, 0.25) is 0 Å². The van der Waals surface area contributed by atoms with Gasteiger partial charge in [0, 0.05) is 6.54 Å². The van der Waals surface area contributed by atoms with Gasteiger partial charge in [-0.3, -0.25) is 9.59 Å². The molecule has 1 aromatic rings. The van der Waals surface area contributed by atoms with Crippen molar-refractivity contribution in [2.24, 2.45) is 5.73 Å². The van der Waals surface area contributed by atoms with E-state index < -0.39 is 5.54 Å². The van der Waals surface area contributed by atoms with E-state index >= 15 is 0 Å². The van der Waals surface area contributed by atoms with E-state index in [4.69, 9.17) is 5.73 Å². The molecule has 0 bridgehead atoms. The van der Waals surface area contributed by atoms with Gasteiger partial charge in [-0.15, -0.1) is 0 Å². The molecule has 2 rings (SSSR count). The molecule has 19 heavy (non-hydrogen) atoms. The Bertz CT molecular complexity index is 447. The van der Waals surface area contributed by atoms with E-state index in [1.165, 1.54) is 4.90 Å². The molecule has 1 aromatic carbocycles. The van der Waals surface area contributed by atoms with Crippen molar-refractivity contribution in [3.8, 4) is 0 Å². The highest BCUT2D eigenvalue weighted by Gasteiger charge is 2.38. The molecule has 0 saturated carbocycles. The molecule has 1 saturated heterocycles. The predicted molar refractivity (Wildman–Crippen MR) is 73.2 cm³/mol. The molecule has 1 heterocycles. The Hall–Kier alpha value is -1.68. The normalized spacial score (nSPS) is 24.1. The molecule has 4 nitrogen and oxygen atoms in total. The van der Waals surface area contributed by atoms with Gasteiger partial charge in [0.2, 0.25) is 12.2 Å². The van der Waals surface area contributed by atoms with Gasteiger partial charge in [-0.05, 0) is 31.2 Å². The van der Waals surface area contributed by atoms with Gasteiger partial charge in [-0.1, -0.05) is 30.3 Å². The summed E-state index contributed by atoms with van der Waals surface area (Å²) in [7, 11) is 0. The molecule has 0 aromatic heterocycles. The fourth-order valence-corrected chi connectivity index (χ4v) is 2.62. The summed E-state index contributed by atoms with van der Waals surface area (Å²) < 4.78 is 0. The Morgan fingerprint density at radius 3 is 2.68 bits per heavy atom. The number of carbonyl (C=O) groups excluding carboxylic acids is 2. The van der Waals surface area contributed by atoms with E-state index in [-0.39, 0.29) is 12.5 Å². The summed E-state index contributed by atoms with van der Waals surface area (Å²) in [5.41, 5.74) is 6.49. The summed E-state index contributed by atoms with van der Waals surface area (Å²) in [4.78, 5) is 24.6. The first-order valence-electron chi connectivity index (χ1n) is 6.63. The number of hydrogen-bond donors (Lipinski definition) is 1. The number of likely N-dealkylation sites (tertiary alicyclic amines) is 1. The summed E-state index contributed by atoms with van der Waals surface area (Å²) in [5.74, 6) is -0.128. The summed E-state index contributed by atoms with van der Waals surface area (Å²) >= 11 is 0. The summed E-state index contributed by atoms with van der Waals surface area (Å²) in [6, 6.07) is 9.77. The average molecular weight is 259 g/mol. The zero-order chi connectivity index (χ0) is 13.7. The van der Waals surface area contributed by atoms with Crippen LogP contribution in [0.3, 0.4) is 0 Å². The van der Waals surface area contributed by atoms with E-state index in [1.807, 2.05) is 30.3 Å². The number of nitrogens with two attached hydrogens (primary N) is 1. The zero-order valence-corrected chi connectivity index (χ0v) is 11.0. The van der Waals surface area contributed by atoms with Crippen molar-refractivity contribution in [1.82, 2.24) is 4.90 Å². The van der Waals surface area contributed by atoms with Gasteiger partial charge in [0.25, 0.3) is 0 Å². The van der Waals surface area contributed by atoms with E-state index in [0.29, 0.717) is 19.4 Å². The molecule has 1 aliphatic rings. The lowest BCUT2D eigenvalue weighted by Gasteiger charge is -2.30. The highest BCUT2D eigenvalue weighted by molar-refractivity contribution is 5.88. The van der Waals surface area contributed by atoms with Crippen molar-refractivity contribution < 1.29 is 9.59 Å². The lowest BCUT2D eigenvalue weighted by atomic mass is 9.86. The average Bonchev–Trinajstić information content (AvgIpc) is 2.54. The number of nitrogens with zero attached hydrogens (tertiary/aromatic N) is 1. The highest BCUT2D eigenvalue weighted by atomic mass is 16.2. The molecular formula is C15H19N2O2. The maximum absolute atomic E-state index is 12.5. The largest absolute Gasteiger partial charge is 0.333 e. The summed E-state index contributed by atoms with van der Waals surface area (Å²) in [6.45, 7) is 0.619. The molecule has 1 fully saturated rings. The van der Waals surface area contributed by atoms with Crippen molar-refractivity contribution in [2.45, 2.75) is 31.2 Å².